The fraction of sp³-hybridized carbons (Fsp3) is 0.500. The molecule has 0 bridgehead atoms. The van der Waals surface area contributed by atoms with Gasteiger partial charge in [0, 0.05) is 17.6 Å². The summed E-state index contributed by atoms with van der Waals surface area (Å²) in [6.45, 7) is -0.153. The monoisotopic (exact) mass is 386 g/mol. The molecule has 1 saturated carbocycles. The highest BCUT2D eigenvalue weighted by Crippen LogP contribution is 2.27. The van der Waals surface area contributed by atoms with Crippen molar-refractivity contribution in [2.45, 2.75) is 42.7 Å². The molecule has 0 unspecified atom stereocenters. The van der Waals surface area contributed by atoms with E-state index in [4.69, 9.17) is 16.3 Å². The zero-order valence-corrected chi connectivity index (χ0v) is 15.1. The highest BCUT2D eigenvalue weighted by molar-refractivity contribution is 7.89. The molecule has 3 rings (SSSR count). The highest BCUT2D eigenvalue weighted by atomic mass is 35.5. The average Bonchev–Trinajstić information content (AvgIpc) is 3.24. The van der Waals surface area contributed by atoms with E-state index in [9.17, 15) is 18.0 Å². The quantitative estimate of drug-likeness (QED) is 0.744. The van der Waals surface area contributed by atoms with Crippen LogP contribution in [0.1, 0.15) is 25.7 Å². The third-order valence-electron chi connectivity index (χ3n) is 4.18. The van der Waals surface area contributed by atoms with E-state index in [2.05, 4.69) is 5.32 Å². The molecule has 7 nitrogen and oxygen atoms in total. The Labute approximate surface area is 151 Å². The minimum absolute atomic E-state index is 0.0723. The summed E-state index contributed by atoms with van der Waals surface area (Å²) in [7, 11) is -3.82. The van der Waals surface area contributed by atoms with Gasteiger partial charge in [0.05, 0.1) is 4.90 Å². The molecule has 1 saturated heterocycles. The average molecular weight is 387 g/mol. The molecule has 9 heteroatoms. The van der Waals surface area contributed by atoms with Gasteiger partial charge in [0.15, 0.2) is 6.61 Å². The molecule has 1 aromatic rings. The first-order chi connectivity index (χ1) is 11.9. The molecule has 1 heterocycles. The fourth-order valence-electron chi connectivity index (χ4n) is 2.74. The molecule has 2 fully saturated rings. The standard InChI is InChI=1S/C16H19ClN2O5S/c17-11-3-7-13(8-4-11)25(22,23)19-9-1-2-14(19)16(21)24-10-15(20)18-12-5-6-12/h3-4,7-8,12,14H,1-2,5-6,9-10H2,(H,18,20)/t14-/m1/s1. The van der Waals surface area contributed by atoms with Crippen LogP contribution < -0.4 is 5.32 Å². The summed E-state index contributed by atoms with van der Waals surface area (Å²) >= 11 is 5.79. The van der Waals surface area contributed by atoms with Crippen LogP contribution in [0.25, 0.3) is 0 Å². The Morgan fingerprint density at radius 3 is 2.52 bits per heavy atom. The number of amides is 1. The Morgan fingerprint density at radius 2 is 1.88 bits per heavy atom. The van der Waals surface area contributed by atoms with Crippen LogP contribution in [-0.4, -0.2) is 49.8 Å². The molecule has 0 aromatic heterocycles. The SMILES string of the molecule is O=C(COC(=O)[C@H]1CCCN1S(=O)(=O)c1ccc(Cl)cc1)NC1CC1. The summed E-state index contributed by atoms with van der Waals surface area (Å²) in [6.07, 6.45) is 2.81. The van der Waals surface area contributed by atoms with Crippen molar-refractivity contribution in [1.29, 1.82) is 0 Å². The molecule has 1 N–H and O–H groups in total. The maximum absolute atomic E-state index is 12.7. The third-order valence-corrected chi connectivity index (χ3v) is 6.36. The second kappa shape index (κ2) is 7.31. The number of nitrogens with one attached hydrogen (secondary N) is 1. The van der Waals surface area contributed by atoms with E-state index < -0.39 is 22.0 Å². The predicted octanol–water partition coefficient (Wildman–Crippen LogP) is 1.31. The molecule has 136 valence electrons. The van der Waals surface area contributed by atoms with Crippen LogP contribution in [-0.2, 0) is 24.3 Å². The first-order valence-electron chi connectivity index (χ1n) is 8.11. The van der Waals surface area contributed by atoms with E-state index in [1.165, 1.54) is 24.3 Å². The van der Waals surface area contributed by atoms with Gasteiger partial charge in [0.2, 0.25) is 10.0 Å². The van der Waals surface area contributed by atoms with Gasteiger partial charge >= 0.3 is 5.97 Å². The second-order valence-electron chi connectivity index (χ2n) is 6.18. The van der Waals surface area contributed by atoms with Crippen LogP contribution >= 0.6 is 11.6 Å². The van der Waals surface area contributed by atoms with E-state index in [0.29, 0.717) is 17.9 Å². The van der Waals surface area contributed by atoms with Gasteiger partial charge < -0.3 is 10.1 Å². The molecule has 25 heavy (non-hydrogen) atoms. The lowest BCUT2D eigenvalue weighted by molar-refractivity contribution is -0.151. The number of hydrogen-bond acceptors (Lipinski definition) is 5. The van der Waals surface area contributed by atoms with Crippen molar-refractivity contribution in [1.82, 2.24) is 9.62 Å². The van der Waals surface area contributed by atoms with Gasteiger partial charge in [0.25, 0.3) is 5.91 Å². The van der Waals surface area contributed by atoms with Crippen molar-refractivity contribution in [3.05, 3.63) is 29.3 Å². The van der Waals surface area contributed by atoms with E-state index in [-0.39, 0.29) is 30.0 Å². The zero-order valence-electron chi connectivity index (χ0n) is 13.5. The summed E-state index contributed by atoms with van der Waals surface area (Å²) in [5, 5.41) is 3.14. The van der Waals surface area contributed by atoms with Crippen molar-refractivity contribution < 1.29 is 22.7 Å². The maximum Gasteiger partial charge on any atom is 0.324 e. The third kappa shape index (κ3) is 4.31. The number of benzene rings is 1. The summed E-state index contributed by atoms with van der Waals surface area (Å²) in [4.78, 5) is 23.9. The molecule has 1 amide bonds. The van der Waals surface area contributed by atoms with E-state index in [1.807, 2.05) is 0 Å². The number of halogens is 1. The number of sulfonamides is 1. The Balaban J connectivity index is 1.65. The highest BCUT2D eigenvalue weighted by Gasteiger charge is 2.40. The van der Waals surface area contributed by atoms with Gasteiger partial charge in [-0.05, 0) is 49.9 Å². The molecule has 1 aliphatic heterocycles. The first kappa shape index (κ1) is 18.2. The van der Waals surface area contributed by atoms with Gasteiger partial charge in [-0.15, -0.1) is 0 Å². The number of nitrogens with zero attached hydrogens (tertiary/aromatic N) is 1. The van der Waals surface area contributed by atoms with Crippen molar-refractivity contribution in [2.24, 2.45) is 0 Å². The van der Waals surface area contributed by atoms with Crippen LogP contribution in [0.15, 0.2) is 29.2 Å². The number of hydrogen-bond donors (Lipinski definition) is 1. The van der Waals surface area contributed by atoms with Gasteiger partial charge in [-0.25, -0.2) is 8.42 Å². The van der Waals surface area contributed by atoms with Gasteiger partial charge in [-0.2, -0.15) is 4.31 Å². The van der Waals surface area contributed by atoms with E-state index in [1.54, 1.807) is 0 Å². The lowest BCUT2D eigenvalue weighted by Gasteiger charge is -2.22. The van der Waals surface area contributed by atoms with Crippen molar-refractivity contribution >= 4 is 33.5 Å². The lowest BCUT2D eigenvalue weighted by Crippen LogP contribution is -2.42. The summed E-state index contributed by atoms with van der Waals surface area (Å²) in [5.74, 6) is -1.05. The minimum atomic E-state index is -3.82. The molecular formula is C16H19ClN2O5S. The van der Waals surface area contributed by atoms with Gasteiger partial charge in [-0.1, -0.05) is 11.6 Å². The van der Waals surface area contributed by atoms with E-state index in [0.717, 1.165) is 17.1 Å². The van der Waals surface area contributed by atoms with Crippen LogP contribution in [0.5, 0.6) is 0 Å². The number of ether oxygens (including phenoxy) is 1. The Hall–Kier alpha value is -1.64. The fourth-order valence-corrected chi connectivity index (χ4v) is 4.51. The molecule has 0 spiro atoms. The molecule has 1 aliphatic carbocycles. The number of rotatable bonds is 6. The normalized spacial score (nSPS) is 21.1. The first-order valence-corrected chi connectivity index (χ1v) is 9.93. The van der Waals surface area contributed by atoms with Gasteiger partial charge in [-0.3, -0.25) is 9.59 Å². The molecule has 1 atom stereocenters. The number of carbonyl (C=O) groups excluding carboxylic acids is 2. The lowest BCUT2D eigenvalue weighted by atomic mass is 10.2. The van der Waals surface area contributed by atoms with Crippen molar-refractivity contribution in [3.63, 3.8) is 0 Å². The minimum Gasteiger partial charge on any atom is -0.454 e. The number of esters is 1. The van der Waals surface area contributed by atoms with Crippen molar-refractivity contribution in [2.75, 3.05) is 13.2 Å². The smallest absolute Gasteiger partial charge is 0.324 e. The zero-order chi connectivity index (χ0) is 18.0. The van der Waals surface area contributed by atoms with Crippen molar-refractivity contribution in [3.8, 4) is 0 Å². The maximum atomic E-state index is 12.7. The largest absolute Gasteiger partial charge is 0.454 e. The predicted molar refractivity (Wildman–Crippen MR) is 90.5 cm³/mol. The topological polar surface area (TPSA) is 92.8 Å². The Morgan fingerprint density at radius 1 is 1.20 bits per heavy atom. The Bertz CT molecular complexity index is 761. The molecule has 0 radical (unpaired) electrons. The molecule has 1 aromatic carbocycles. The van der Waals surface area contributed by atoms with Crippen LogP contribution in [0.3, 0.4) is 0 Å². The van der Waals surface area contributed by atoms with Crippen LogP contribution in [0, 0.1) is 0 Å². The van der Waals surface area contributed by atoms with Crippen LogP contribution in [0.2, 0.25) is 5.02 Å². The second-order valence-corrected chi connectivity index (χ2v) is 8.50. The summed E-state index contributed by atoms with van der Waals surface area (Å²) in [5.41, 5.74) is 0. The van der Waals surface area contributed by atoms with E-state index >= 15 is 0 Å². The molecular weight excluding hydrogens is 368 g/mol. The van der Waals surface area contributed by atoms with Crippen LogP contribution in [0.4, 0.5) is 0 Å². The molecule has 2 aliphatic rings. The Kier molecular flexibility index (Phi) is 5.31. The number of carbonyl (C=O) groups is 2. The summed E-state index contributed by atoms with van der Waals surface area (Å²) < 4.78 is 31.7. The summed E-state index contributed by atoms with van der Waals surface area (Å²) in [6, 6.07) is 5.05. The van der Waals surface area contributed by atoms with Gasteiger partial charge in [0.1, 0.15) is 6.04 Å².